The van der Waals surface area contributed by atoms with Crippen LogP contribution in [0.5, 0.6) is 0 Å². The first-order valence-electron chi connectivity index (χ1n) is 6.26. The van der Waals surface area contributed by atoms with Crippen molar-refractivity contribution >= 4 is 45.0 Å². The molecule has 1 amide bonds. The molecule has 0 fully saturated rings. The first-order chi connectivity index (χ1) is 10.8. The SMILES string of the molecule is NS(=O)(=O)c1ccc(COC(=O)Nc2ccc(Cl)c(Cl)c2)cc1. The maximum absolute atomic E-state index is 11.7. The number of sulfonamides is 1. The molecule has 2 aromatic rings. The Morgan fingerprint density at radius 1 is 1.09 bits per heavy atom. The molecule has 0 aliphatic rings. The molecular weight excluding hydrogens is 363 g/mol. The number of carbonyl (C=O) groups is 1. The Morgan fingerprint density at radius 3 is 2.30 bits per heavy atom. The van der Waals surface area contributed by atoms with E-state index in [1.165, 1.54) is 30.3 Å². The summed E-state index contributed by atoms with van der Waals surface area (Å²) in [6.07, 6.45) is -0.682. The van der Waals surface area contributed by atoms with Gasteiger partial charge in [-0.2, -0.15) is 0 Å². The molecule has 0 aromatic heterocycles. The Labute approximate surface area is 143 Å². The minimum Gasteiger partial charge on any atom is -0.444 e. The highest BCUT2D eigenvalue weighted by molar-refractivity contribution is 7.89. The maximum Gasteiger partial charge on any atom is 0.411 e. The van der Waals surface area contributed by atoms with Gasteiger partial charge in [-0.15, -0.1) is 0 Å². The second-order valence-corrected chi connectivity index (χ2v) is 6.89. The van der Waals surface area contributed by atoms with Crippen LogP contribution in [0.2, 0.25) is 10.0 Å². The Balaban J connectivity index is 1.92. The van der Waals surface area contributed by atoms with Gasteiger partial charge < -0.3 is 4.74 Å². The Bertz CT molecular complexity index is 823. The van der Waals surface area contributed by atoms with E-state index in [1.807, 2.05) is 0 Å². The van der Waals surface area contributed by atoms with Crippen molar-refractivity contribution in [2.75, 3.05) is 5.32 Å². The van der Waals surface area contributed by atoms with Crippen molar-refractivity contribution in [1.29, 1.82) is 0 Å². The van der Waals surface area contributed by atoms with Crippen LogP contribution in [-0.4, -0.2) is 14.5 Å². The molecule has 0 saturated carbocycles. The van der Waals surface area contributed by atoms with Crippen LogP contribution in [0.4, 0.5) is 10.5 Å². The number of nitrogens with one attached hydrogen (secondary N) is 1. The van der Waals surface area contributed by atoms with E-state index in [1.54, 1.807) is 12.1 Å². The molecule has 0 saturated heterocycles. The first-order valence-corrected chi connectivity index (χ1v) is 8.56. The quantitative estimate of drug-likeness (QED) is 0.856. The largest absolute Gasteiger partial charge is 0.444 e. The average molecular weight is 375 g/mol. The lowest BCUT2D eigenvalue weighted by molar-refractivity contribution is 0.155. The summed E-state index contributed by atoms with van der Waals surface area (Å²) in [6, 6.07) is 10.3. The summed E-state index contributed by atoms with van der Waals surface area (Å²) in [5.74, 6) is 0. The molecular formula is C14H12Cl2N2O4S. The number of rotatable bonds is 4. The lowest BCUT2D eigenvalue weighted by atomic mass is 10.2. The number of halogens is 2. The molecule has 0 bridgehead atoms. The average Bonchev–Trinajstić information content (AvgIpc) is 2.48. The van der Waals surface area contributed by atoms with Gasteiger partial charge >= 0.3 is 6.09 Å². The van der Waals surface area contributed by atoms with E-state index in [9.17, 15) is 13.2 Å². The van der Waals surface area contributed by atoms with Crippen LogP contribution in [0.25, 0.3) is 0 Å². The van der Waals surface area contributed by atoms with E-state index in [0.29, 0.717) is 21.3 Å². The summed E-state index contributed by atoms with van der Waals surface area (Å²) in [7, 11) is -3.74. The molecule has 23 heavy (non-hydrogen) atoms. The minimum atomic E-state index is -3.74. The van der Waals surface area contributed by atoms with Gasteiger partial charge in [-0.25, -0.2) is 18.4 Å². The summed E-state index contributed by atoms with van der Waals surface area (Å²) >= 11 is 11.6. The molecule has 0 atom stereocenters. The topological polar surface area (TPSA) is 98.5 Å². The first kappa shape index (κ1) is 17.6. The monoisotopic (exact) mass is 374 g/mol. The van der Waals surface area contributed by atoms with E-state index >= 15 is 0 Å². The Kier molecular flexibility index (Phi) is 5.48. The summed E-state index contributed by atoms with van der Waals surface area (Å²) in [4.78, 5) is 11.7. The number of anilines is 1. The molecule has 122 valence electrons. The number of benzene rings is 2. The van der Waals surface area contributed by atoms with Gasteiger partial charge in [-0.1, -0.05) is 35.3 Å². The van der Waals surface area contributed by atoms with E-state index < -0.39 is 16.1 Å². The predicted molar refractivity (Wildman–Crippen MR) is 88.1 cm³/mol. The number of hydrogen-bond acceptors (Lipinski definition) is 4. The fraction of sp³-hybridized carbons (Fsp3) is 0.0714. The number of ether oxygens (including phenoxy) is 1. The van der Waals surface area contributed by atoms with Crippen molar-refractivity contribution in [3.8, 4) is 0 Å². The normalized spacial score (nSPS) is 11.1. The van der Waals surface area contributed by atoms with E-state index in [4.69, 9.17) is 33.1 Å². The van der Waals surface area contributed by atoms with Crippen LogP contribution in [0.3, 0.4) is 0 Å². The molecule has 0 radical (unpaired) electrons. The third kappa shape index (κ3) is 5.11. The second kappa shape index (κ2) is 7.18. The van der Waals surface area contributed by atoms with Gasteiger partial charge in [0.05, 0.1) is 14.9 Å². The van der Waals surface area contributed by atoms with E-state index in [-0.39, 0.29) is 11.5 Å². The summed E-state index contributed by atoms with van der Waals surface area (Å²) in [5, 5.41) is 8.17. The van der Waals surface area contributed by atoms with Gasteiger partial charge in [0, 0.05) is 5.69 Å². The Morgan fingerprint density at radius 2 is 1.74 bits per heavy atom. The molecule has 2 aromatic carbocycles. The number of hydrogen-bond donors (Lipinski definition) is 2. The fourth-order valence-electron chi connectivity index (χ4n) is 1.65. The van der Waals surface area contributed by atoms with E-state index in [2.05, 4.69) is 5.32 Å². The van der Waals surface area contributed by atoms with Crippen LogP contribution in [0, 0.1) is 0 Å². The molecule has 0 heterocycles. The third-order valence-corrected chi connectivity index (χ3v) is 4.46. The van der Waals surface area contributed by atoms with Crippen LogP contribution in [-0.2, 0) is 21.4 Å². The number of amides is 1. The third-order valence-electron chi connectivity index (χ3n) is 2.79. The summed E-state index contributed by atoms with van der Waals surface area (Å²) in [5.41, 5.74) is 1.05. The van der Waals surface area contributed by atoms with Crippen molar-refractivity contribution < 1.29 is 17.9 Å². The number of carbonyl (C=O) groups excluding carboxylic acids is 1. The zero-order valence-corrected chi connectivity index (χ0v) is 14.0. The highest BCUT2D eigenvalue weighted by Gasteiger charge is 2.08. The maximum atomic E-state index is 11.7. The van der Waals surface area contributed by atoms with Crippen LogP contribution >= 0.6 is 23.2 Å². The molecule has 0 spiro atoms. The summed E-state index contributed by atoms with van der Waals surface area (Å²) in [6.45, 7) is -0.0297. The second-order valence-electron chi connectivity index (χ2n) is 4.52. The number of primary sulfonamides is 1. The van der Waals surface area contributed by atoms with Gasteiger partial charge in [0.25, 0.3) is 0 Å². The fourth-order valence-corrected chi connectivity index (χ4v) is 2.47. The van der Waals surface area contributed by atoms with Gasteiger partial charge in [0.15, 0.2) is 0 Å². The van der Waals surface area contributed by atoms with Crippen molar-refractivity contribution in [3.05, 3.63) is 58.1 Å². The number of nitrogens with two attached hydrogens (primary N) is 1. The van der Waals surface area contributed by atoms with Gasteiger partial charge in [0.1, 0.15) is 6.61 Å². The standard InChI is InChI=1S/C14H12Cl2N2O4S/c15-12-6-3-10(7-13(12)16)18-14(19)22-8-9-1-4-11(5-2-9)23(17,20)21/h1-7H,8H2,(H,18,19)(H2,17,20,21). The predicted octanol–water partition coefficient (Wildman–Crippen LogP) is 3.39. The molecule has 0 unspecified atom stereocenters. The highest BCUT2D eigenvalue weighted by Crippen LogP contribution is 2.25. The summed E-state index contributed by atoms with van der Waals surface area (Å²) < 4.78 is 27.3. The van der Waals surface area contributed by atoms with Gasteiger partial charge in [-0.05, 0) is 35.9 Å². The van der Waals surface area contributed by atoms with Crippen LogP contribution in [0.15, 0.2) is 47.4 Å². The molecule has 0 aliphatic carbocycles. The van der Waals surface area contributed by atoms with Gasteiger partial charge in [-0.3, -0.25) is 5.32 Å². The minimum absolute atomic E-state index is 0.0125. The van der Waals surface area contributed by atoms with Crippen molar-refractivity contribution in [2.24, 2.45) is 5.14 Å². The van der Waals surface area contributed by atoms with E-state index in [0.717, 1.165) is 0 Å². The lowest BCUT2D eigenvalue weighted by Crippen LogP contribution is -2.14. The molecule has 6 nitrogen and oxygen atoms in total. The van der Waals surface area contributed by atoms with Gasteiger partial charge in [0.2, 0.25) is 10.0 Å². The van der Waals surface area contributed by atoms with Crippen molar-refractivity contribution in [3.63, 3.8) is 0 Å². The zero-order chi connectivity index (χ0) is 17.0. The highest BCUT2D eigenvalue weighted by atomic mass is 35.5. The molecule has 9 heteroatoms. The van der Waals surface area contributed by atoms with Crippen LogP contribution in [0.1, 0.15) is 5.56 Å². The molecule has 2 rings (SSSR count). The smallest absolute Gasteiger partial charge is 0.411 e. The lowest BCUT2D eigenvalue weighted by Gasteiger charge is -2.08. The van der Waals surface area contributed by atoms with Crippen LogP contribution < -0.4 is 10.5 Å². The molecule has 3 N–H and O–H groups in total. The molecule has 0 aliphatic heterocycles. The van der Waals surface area contributed by atoms with Crippen molar-refractivity contribution in [2.45, 2.75) is 11.5 Å². The van der Waals surface area contributed by atoms with Crippen molar-refractivity contribution in [1.82, 2.24) is 0 Å². The Hall–Kier alpha value is -1.80. The zero-order valence-electron chi connectivity index (χ0n) is 11.6.